The monoisotopic (exact) mass is 289 g/mol. The largest absolute Gasteiger partial charge is 0.506 e. The number of phenolic OH excluding ortho intramolecular Hbond substituents is 1. The molecule has 0 aliphatic carbocycles. The SMILES string of the molecule is Cc1cc(I)c(O)c([C@H]2CCN2)c1. The molecular formula is C10H12INO. The van der Waals surface area contributed by atoms with Crippen molar-refractivity contribution in [3.8, 4) is 5.75 Å². The quantitative estimate of drug-likeness (QED) is 0.778. The van der Waals surface area contributed by atoms with E-state index in [1.165, 1.54) is 5.56 Å². The molecule has 2 nitrogen and oxygen atoms in total. The fraction of sp³-hybridized carbons (Fsp3) is 0.400. The van der Waals surface area contributed by atoms with Crippen molar-refractivity contribution < 1.29 is 5.11 Å². The topological polar surface area (TPSA) is 32.3 Å². The number of hydrogen-bond acceptors (Lipinski definition) is 2. The van der Waals surface area contributed by atoms with E-state index in [4.69, 9.17) is 0 Å². The van der Waals surface area contributed by atoms with Crippen LogP contribution in [0.1, 0.15) is 23.6 Å². The van der Waals surface area contributed by atoms with Gasteiger partial charge >= 0.3 is 0 Å². The zero-order valence-electron chi connectivity index (χ0n) is 7.47. The molecule has 1 aliphatic heterocycles. The van der Waals surface area contributed by atoms with Crippen LogP contribution in [0.4, 0.5) is 0 Å². The van der Waals surface area contributed by atoms with Gasteiger partial charge in [0.15, 0.2) is 0 Å². The summed E-state index contributed by atoms with van der Waals surface area (Å²) in [6.45, 7) is 3.12. The van der Waals surface area contributed by atoms with E-state index in [1.54, 1.807) is 0 Å². The van der Waals surface area contributed by atoms with Crippen molar-refractivity contribution in [2.75, 3.05) is 6.54 Å². The summed E-state index contributed by atoms with van der Waals surface area (Å²) in [4.78, 5) is 0. The van der Waals surface area contributed by atoms with E-state index in [0.29, 0.717) is 11.8 Å². The second-order valence-corrected chi connectivity index (χ2v) is 4.64. The van der Waals surface area contributed by atoms with Gasteiger partial charge in [0.25, 0.3) is 0 Å². The Morgan fingerprint density at radius 3 is 2.77 bits per heavy atom. The Hall–Kier alpha value is -0.290. The van der Waals surface area contributed by atoms with Crippen LogP contribution in [0.25, 0.3) is 0 Å². The molecule has 13 heavy (non-hydrogen) atoms. The van der Waals surface area contributed by atoms with Crippen molar-refractivity contribution in [3.63, 3.8) is 0 Å². The van der Waals surface area contributed by atoms with Gasteiger partial charge in [0, 0.05) is 11.6 Å². The first kappa shape index (κ1) is 9.27. The lowest BCUT2D eigenvalue weighted by Crippen LogP contribution is -2.35. The van der Waals surface area contributed by atoms with Crippen molar-refractivity contribution in [1.29, 1.82) is 0 Å². The molecule has 1 fully saturated rings. The molecule has 0 aromatic heterocycles. The number of aromatic hydroxyl groups is 1. The molecule has 1 aromatic carbocycles. The number of nitrogens with one attached hydrogen (secondary N) is 1. The molecule has 1 aliphatic rings. The maximum atomic E-state index is 9.81. The molecule has 1 heterocycles. The number of hydrogen-bond donors (Lipinski definition) is 2. The summed E-state index contributed by atoms with van der Waals surface area (Å²) in [5.74, 6) is 0.448. The van der Waals surface area contributed by atoms with Crippen LogP contribution < -0.4 is 5.32 Å². The highest BCUT2D eigenvalue weighted by Gasteiger charge is 2.22. The van der Waals surface area contributed by atoms with Gasteiger partial charge in [0.2, 0.25) is 0 Å². The van der Waals surface area contributed by atoms with Crippen LogP contribution in [0.5, 0.6) is 5.75 Å². The third-order valence-corrected chi connectivity index (χ3v) is 3.26. The molecule has 70 valence electrons. The van der Waals surface area contributed by atoms with Crippen LogP contribution in [0, 0.1) is 10.5 Å². The highest BCUT2D eigenvalue weighted by molar-refractivity contribution is 14.1. The Morgan fingerprint density at radius 2 is 2.23 bits per heavy atom. The molecule has 2 rings (SSSR count). The Balaban J connectivity index is 2.42. The van der Waals surface area contributed by atoms with Crippen molar-refractivity contribution >= 4 is 22.6 Å². The van der Waals surface area contributed by atoms with Crippen molar-refractivity contribution in [3.05, 3.63) is 26.8 Å². The second-order valence-electron chi connectivity index (χ2n) is 3.48. The molecule has 0 bridgehead atoms. The summed E-state index contributed by atoms with van der Waals surface area (Å²) in [5.41, 5.74) is 2.27. The standard InChI is InChI=1S/C10H12INO/c1-6-4-7(9-2-3-12-9)10(13)8(11)5-6/h4-5,9,12-13H,2-3H2,1H3/t9-/m1/s1. The smallest absolute Gasteiger partial charge is 0.133 e. The molecular weight excluding hydrogens is 277 g/mol. The zero-order chi connectivity index (χ0) is 9.42. The number of phenols is 1. The van der Waals surface area contributed by atoms with Crippen molar-refractivity contribution in [2.24, 2.45) is 0 Å². The van der Waals surface area contributed by atoms with Crippen LogP contribution in [0.15, 0.2) is 12.1 Å². The molecule has 0 radical (unpaired) electrons. The van der Waals surface area contributed by atoms with Gasteiger partial charge in [0.1, 0.15) is 5.75 Å². The first-order chi connectivity index (χ1) is 6.18. The third-order valence-electron chi connectivity index (χ3n) is 2.44. The van der Waals surface area contributed by atoms with Crippen LogP contribution >= 0.6 is 22.6 Å². The van der Waals surface area contributed by atoms with Crippen molar-refractivity contribution in [1.82, 2.24) is 5.32 Å². The predicted molar refractivity (Wildman–Crippen MR) is 60.9 cm³/mol. The van der Waals surface area contributed by atoms with Crippen molar-refractivity contribution in [2.45, 2.75) is 19.4 Å². The van der Waals surface area contributed by atoms with Gasteiger partial charge in [-0.3, -0.25) is 0 Å². The summed E-state index contributed by atoms with van der Waals surface area (Å²) in [6, 6.07) is 4.43. The molecule has 1 atom stereocenters. The van der Waals surface area contributed by atoms with E-state index in [0.717, 1.165) is 22.1 Å². The van der Waals surface area contributed by atoms with E-state index in [1.807, 2.05) is 6.07 Å². The van der Waals surface area contributed by atoms with Crippen LogP contribution in [-0.2, 0) is 0 Å². The van der Waals surface area contributed by atoms with E-state index in [-0.39, 0.29) is 0 Å². The number of halogens is 1. The molecule has 1 saturated heterocycles. The number of rotatable bonds is 1. The molecule has 1 aromatic rings. The zero-order valence-corrected chi connectivity index (χ0v) is 9.63. The van der Waals surface area contributed by atoms with E-state index in [2.05, 4.69) is 40.9 Å². The maximum absolute atomic E-state index is 9.81. The Bertz CT molecular complexity index is 334. The highest BCUT2D eigenvalue weighted by atomic mass is 127. The van der Waals surface area contributed by atoms with Gasteiger partial charge in [0.05, 0.1) is 3.57 Å². The Labute approximate surface area is 91.5 Å². The first-order valence-electron chi connectivity index (χ1n) is 4.41. The van der Waals surface area contributed by atoms with E-state index in [9.17, 15) is 5.11 Å². The summed E-state index contributed by atoms with van der Waals surface area (Å²) in [7, 11) is 0. The number of benzene rings is 1. The van der Waals surface area contributed by atoms with E-state index < -0.39 is 0 Å². The third kappa shape index (κ3) is 1.67. The van der Waals surface area contributed by atoms with Gasteiger partial charge < -0.3 is 10.4 Å². The molecule has 0 unspecified atom stereocenters. The summed E-state index contributed by atoms with van der Waals surface area (Å²) in [6.07, 6.45) is 1.13. The molecule has 0 spiro atoms. The van der Waals surface area contributed by atoms with Gasteiger partial charge in [-0.25, -0.2) is 0 Å². The van der Waals surface area contributed by atoms with Gasteiger partial charge in [-0.15, -0.1) is 0 Å². The molecule has 0 saturated carbocycles. The molecule has 3 heteroatoms. The normalized spacial score (nSPS) is 21.2. The summed E-state index contributed by atoms with van der Waals surface area (Å²) >= 11 is 2.17. The molecule has 2 N–H and O–H groups in total. The minimum atomic E-state index is 0.369. The first-order valence-corrected chi connectivity index (χ1v) is 5.49. The Kier molecular flexibility index (Phi) is 2.47. The van der Waals surface area contributed by atoms with E-state index >= 15 is 0 Å². The van der Waals surface area contributed by atoms with Gasteiger partial charge in [-0.1, -0.05) is 6.07 Å². The number of aryl methyl sites for hydroxylation is 1. The minimum absolute atomic E-state index is 0.369. The lowest BCUT2D eigenvalue weighted by atomic mass is 9.96. The van der Waals surface area contributed by atoms with Gasteiger partial charge in [-0.05, 0) is 54.1 Å². The fourth-order valence-corrected chi connectivity index (χ4v) is 2.38. The lowest BCUT2D eigenvalue weighted by Gasteiger charge is -2.29. The maximum Gasteiger partial charge on any atom is 0.133 e. The second kappa shape index (κ2) is 3.46. The van der Waals surface area contributed by atoms with Crippen LogP contribution in [0.2, 0.25) is 0 Å². The highest BCUT2D eigenvalue weighted by Crippen LogP contribution is 2.34. The average molecular weight is 289 g/mol. The van der Waals surface area contributed by atoms with Crippen LogP contribution in [-0.4, -0.2) is 11.7 Å². The predicted octanol–water partition coefficient (Wildman–Crippen LogP) is 2.34. The fourth-order valence-electron chi connectivity index (χ4n) is 1.58. The Morgan fingerprint density at radius 1 is 1.54 bits per heavy atom. The summed E-state index contributed by atoms with van der Waals surface area (Å²) in [5, 5.41) is 13.1. The van der Waals surface area contributed by atoms with Crippen LogP contribution in [0.3, 0.4) is 0 Å². The summed E-state index contributed by atoms with van der Waals surface area (Å²) < 4.78 is 0.946. The average Bonchev–Trinajstić information content (AvgIpc) is 1.95. The molecule has 0 amide bonds. The lowest BCUT2D eigenvalue weighted by molar-refractivity contribution is 0.363. The van der Waals surface area contributed by atoms with Gasteiger partial charge in [-0.2, -0.15) is 0 Å². The minimum Gasteiger partial charge on any atom is -0.506 e.